The Morgan fingerprint density at radius 3 is 2.52 bits per heavy atom. The number of hydrogen-bond donors (Lipinski definition) is 2. The zero-order chi connectivity index (χ0) is 15.4. The number of carbonyl (C=O) groups is 1. The maximum Gasteiger partial charge on any atom is 0.243 e. The number of halogens is 3. The Balaban J connectivity index is 1.95. The molecule has 2 aromatic rings. The fourth-order valence-corrected chi connectivity index (χ4v) is 1.67. The van der Waals surface area contributed by atoms with Gasteiger partial charge in [0.25, 0.3) is 0 Å². The molecule has 0 aliphatic carbocycles. The fraction of sp³-hybridized carbons (Fsp3) is 0.133. The highest BCUT2D eigenvalue weighted by Crippen LogP contribution is 2.16. The van der Waals surface area contributed by atoms with Gasteiger partial charge in [0.05, 0.1) is 12.2 Å². The first-order valence-electron chi connectivity index (χ1n) is 6.20. The summed E-state index contributed by atoms with van der Waals surface area (Å²) in [5, 5.41) is 4.94. The van der Waals surface area contributed by atoms with E-state index in [-0.39, 0.29) is 12.2 Å². The minimum Gasteiger partial charge on any atom is -0.376 e. The van der Waals surface area contributed by atoms with Crippen molar-refractivity contribution in [2.24, 2.45) is 0 Å². The molecule has 0 saturated heterocycles. The summed E-state index contributed by atoms with van der Waals surface area (Å²) in [7, 11) is 0. The van der Waals surface area contributed by atoms with Crippen LogP contribution in [0.1, 0.15) is 5.56 Å². The third kappa shape index (κ3) is 3.98. The predicted molar refractivity (Wildman–Crippen MR) is 74.6 cm³/mol. The number of anilines is 2. The molecule has 0 bridgehead atoms. The average molecular weight is 294 g/mol. The zero-order valence-electron chi connectivity index (χ0n) is 11.2. The van der Waals surface area contributed by atoms with Crippen molar-refractivity contribution >= 4 is 17.3 Å². The highest BCUT2D eigenvalue weighted by Gasteiger charge is 2.08. The van der Waals surface area contributed by atoms with Crippen molar-refractivity contribution in [2.75, 3.05) is 17.2 Å². The van der Waals surface area contributed by atoms with Crippen LogP contribution in [-0.4, -0.2) is 12.5 Å². The molecule has 0 radical (unpaired) electrons. The Labute approximate surface area is 119 Å². The van der Waals surface area contributed by atoms with Gasteiger partial charge in [-0.25, -0.2) is 13.2 Å². The summed E-state index contributed by atoms with van der Waals surface area (Å²) in [5.74, 6) is -2.34. The van der Waals surface area contributed by atoms with Gasteiger partial charge in [0.2, 0.25) is 5.91 Å². The van der Waals surface area contributed by atoms with Crippen molar-refractivity contribution < 1.29 is 18.0 Å². The van der Waals surface area contributed by atoms with E-state index < -0.39 is 23.4 Å². The number of benzene rings is 2. The van der Waals surface area contributed by atoms with Gasteiger partial charge in [-0.15, -0.1) is 0 Å². The lowest BCUT2D eigenvalue weighted by Gasteiger charge is -2.09. The third-order valence-corrected chi connectivity index (χ3v) is 2.83. The van der Waals surface area contributed by atoms with Crippen molar-refractivity contribution in [1.29, 1.82) is 0 Å². The van der Waals surface area contributed by atoms with Gasteiger partial charge < -0.3 is 10.6 Å². The molecule has 0 aromatic heterocycles. The summed E-state index contributed by atoms with van der Waals surface area (Å²) in [4.78, 5) is 11.6. The van der Waals surface area contributed by atoms with Gasteiger partial charge in [-0.1, -0.05) is 6.07 Å². The van der Waals surface area contributed by atoms with Crippen molar-refractivity contribution in [1.82, 2.24) is 0 Å². The van der Waals surface area contributed by atoms with Gasteiger partial charge in [-0.05, 0) is 36.8 Å². The lowest BCUT2D eigenvalue weighted by molar-refractivity contribution is -0.114. The summed E-state index contributed by atoms with van der Waals surface area (Å²) in [5.41, 5.74) is 0.677. The number of carbonyl (C=O) groups excluding carboxylic acids is 1. The summed E-state index contributed by atoms with van der Waals surface area (Å²) in [6, 6.07) is 7.21. The predicted octanol–water partition coefficient (Wildman–Crippen LogP) is 3.46. The lowest BCUT2D eigenvalue weighted by Crippen LogP contribution is -2.22. The van der Waals surface area contributed by atoms with E-state index >= 15 is 0 Å². The maximum absolute atomic E-state index is 13.3. The molecular weight excluding hydrogens is 281 g/mol. The van der Waals surface area contributed by atoms with E-state index in [1.165, 1.54) is 6.07 Å². The molecule has 0 heterocycles. The smallest absolute Gasteiger partial charge is 0.243 e. The molecule has 0 unspecified atom stereocenters. The van der Waals surface area contributed by atoms with E-state index in [2.05, 4.69) is 10.6 Å². The van der Waals surface area contributed by atoms with Gasteiger partial charge in [-0.2, -0.15) is 0 Å². The Hall–Kier alpha value is -2.50. The Kier molecular flexibility index (Phi) is 4.47. The molecule has 2 aromatic carbocycles. The van der Waals surface area contributed by atoms with Crippen LogP contribution in [0.5, 0.6) is 0 Å². The minimum absolute atomic E-state index is 0.196. The molecule has 21 heavy (non-hydrogen) atoms. The average Bonchev–Trinajstić information content (AvgIpc) is 2.44. The molecule has 0 aliphatic heterocycles. The van der Waals surface area contributed by atoms with E-state index in [0.29, 0.717) is 11.3 Å². The quantitative estimate of drug-likeness (QED) is 0.906. The SMILES string of the molecule is Cc1ccc(NCC(=O)Nc2cc(F)ccc2F)cc1F. The first-order chi connectivity index (χ1) is 9.95. The number of amides is 1. The van der Waals surface area contributed by atoms with Gasteiger partial charge in [0, 0.05) is 11.8 Å². The Morgan fingerprint density at radius 2 is 1.81 bits per heavy atom. The second-order valence-electron chi connectivity index (χ2n) is 4.49. The molecule has 2 rings (SSSR count). The molecule has 2 N–H and O–H groups in total. The van der Waals surface area contributed by atoms with Gasteiger partial charge in [0.1, 0.15) is 17.5 Å². The molecule has 3 nitrogen and oxygen atoms in total. The highest BCUT2D eigenvalue weighted by molar-refractivity contribution is 5.93. The van der Waals surface area contributed by atoms with E-state index in [1.807, 2.05) is 0 Å². The highest BCUT2D eigenvalue weighted by atomic mass is 19.1. The summed E-state index contributed by atoms with van der Waals surface area (Å²) >= 11 is 0. The standard InChI is InChI=1S/C15H13F3N2O/c1-9-2-4-11(7-13(9)18)19-8-15(21)20-14-6-10(16)3-5-12(14)17/h2-7,19H,8H2,1H3,(H,20,21). The minimum atomic E-state index is -0.730. The van der Waals surface area contributed by atoms with Crippen molar-refractivity contribution in [3.05, 3.63) is 59.4 Å². The molecular formula is C15H13F3N2O. The van der Waals surface area contributed by atoms with Crippen molar-refractivity contribution in [3.63, 3.8) is 0 Å². The second kappa shape index (κ2) is 6.30. The number of aryl methyl sites for hydroxylation is 1. The van der Waals surface area contributed by atoms with Crippen LogP contribution in [0.4, 0.5) is 24.5 Å². The summed E-state index contributed by atoms with van der Waals surface area (Å²) in [6.07, 6.45) is 0. The molecule has 0 aliphatic rings. The van der Waals surface area contributed by atoms with Crippen LogP contribution in [0.15, 0.2) is 36.4 Å². The van der Waals surface area contributed by atoms with Crippen LogP contribution in [0.25, 0.3) is 0 Å². The number of rotatable bonds is 4. The third-order valence-electron chi connectivity index (χ3n) is 2.83. The molecule has 110 valence electrons. The van der Waals surface area contributed by atoms with Crippen LogP contribution < -0.4 is 10.6 Å². The fourth-order valence-electron chi connectivity index (χ4n) is 1.67. The molecule has 0 fully saturated rings. The van der Waals surface area contributed by atoms with Gasteiger partial charge in [-0.3, -0.25) is 4.79 Å². The second-order valence-corrected chi connectivity index (χ2v) is 4.49. The van der Waals surface area contributed by atoms with E-state index in [0.717, 1.165) is 18.2 Å². The van der Waals surface area contributed by atoms with Crippen LogP contribution in [0, 0.1) is 24.4 Å². The molecule has 0 atom stereocenters. The molecule has 1 amide bonds. The normalized spacial score (nSPS) is 10.3. The van der Waals surface area contributed by atoms with Crippen LogP contribution >= 0.6 is 0 Å². The maximum atomic E-state index is 13.3. The van der Waals surface area contributed by atoms with Crippen LogP contribution in [0.3, 0.4) is 0 Å². The van der Waals surface area contributed by atoms with Gasteiger partial charge in [0.15, 0.2) is 0 Å². The largest absolute Gasteiger partial charge is 0.376 e. The lowest BCUT2D eigenvalue weighted by atomic mass is 10.2. The van der Waals surface area contributed by atoms with Crippen molar-refractivity contribution in [2.45, 2.75) is 6.92 Å². The first kappa shape index (κ1) is 14.9. The Bertz CT molecular complexity index is 674. The van der Waals surface area contributed by atoms with E-state index in [9.17, 15) is 18.0 Å². The molecule has 6 heteroatoms. The molecule has 0 spiro atoms. The Morgan fingerprint density at radius 1 is 1.05 bits per heavy atom. The zero-order valence-corrected chi connectivity index (χ0v) is 11.2. The van der Waals surface area contributed by atoms with Crippen LogP contribution in [-0.2, 0) is 4.79 Å². The number of nitrogens with one attached hydrogen (secondary N) is 2. The van der Waals surface area contributed by atoms with E-state index in [1.54, 1.807) is 19.1 Å². The number of hydrogen-bond acceptors (Lipinski definition) is 2. The summed E-state index contributed by atoms with van der Waals surface area (Å²) < 4.78 is 39.6. The van der Waals surface area contributed by atoms with E-state index in [4.69, 9.17) is 0 Å². The molecule has 0 saturated carbocycles. The van der Waals surface area contributed by atoms with Gasteiger partial charge >= 0.3 is 0 Å². The monoisotopic (exact) mass is 294 g/mol. The first-order valence-corrected chi connectivity index (χ1v) is 6.20. The summed E-state index contributed by atoms with van der Waals surface area (Å²) in [6.45, 7) is 1.43. The topological polar surface area (TPSA) is 41.1 Å². The van der Waals surface area contributed by atoms with Crippen LogP contribution in [0.2, 0.25) is 0 Å². The van der Waals surface area contributed by atoms with Crippen molar-refractivity contribution in [3.8, 4) is 0 Å².